The van der Waals surface area contributed by atoms with Gasteiger partial charge >= 0.3 is 13.4 Å². The maximum absolute atomic E-state index is 12.4. The average Bonchev–Trinajstić information content (AvgIpc) is 1.83. The number of hydrogen-bond donors (Lipinski definition) is 0. The van der Waals surface area contributed by atoms with Crippen LogP contribution in [0.3, 0.4) is 0 Å². The molecule has 0 aliphatic heterocycles. The van der Waals surface area contributed by atoms with Crippen molar-refractivity contribution in [1.82, 2.24) is 4.67 Å². The van der Waals surface area contributed by atoms with Gasteiger partial charge in [0.2, 0.25) is 0 Å². The van der Waals surface area contributed by atoms with Crippen LogP contribution in [0.5, 0.6) is 0 Å². The minimum absolute atomic E-state index is 0.400. The summed E-state index contributed by atoms with van der Waals surface area (Å²) < 4.78 is 27.3. The van der Waals surface area contributed by atoms with E-state index in [9.17, 15) is 13.6 Å². The van der Waals surface area contributed by atoms with Crippen LogP contribution in [-0.4, -0.2) is 24.9 Å². The third kappa shape index (κ3) is 2.63. The fourth-order valence-corrected chi connectivity index (χ4v) is 0.831. The number of nitrogens with zero attached hydrogens (tertiary/aromatic N) is 1. The minimum atomic E-state index is -4.05. The molecule has 4 nitrogen and oxygen atoms in total. The number of hydrogen-bond acceptors (Lipinski definition) is 3. The first-order chi connectivity index (χ1) is 4.39. The molecule has 2 atom stereocenters. The summed E-state index contributed by atoms with van der Waals surface area (Å²) >= 11 is 0. The normalized spacial score (nSPS) is 15.6. The van der Waals surface area contributed by atoms with E-state index in [1.54, 1.807) is 0 Å². The van der Waals surface area contributed by atoms with Crippen LogP contribution < -0.4 is 0 Å². The average molecular weight is 187 g/mol. The first-order valence-corrected chi connectivity index (χ1v) is 5.47. The van der Waals surface area contributed by atoms with Gasteiger partial charge < -0.3 is 4.74 Å². The molecule has 10 heavy (non-hydrogen) atoms. The van der Waals surface area contributed by atoms with Gasteiger partial charge in [0.05, 0.1) is 7.11 Å². The molecule has 0 aromatic carbocycles. The molecule has 2 unspecified atom stereocenters. The maximum Gasteiger partial charge on any atom is 0.416 e. The highest BCUT2D eigenvalue weighted by atomic mass is 32.1. The van der Waals surface area contributed by atoms with E-state index in [1.165, 1.54) is 8.93 Å². The SMILES string of the molecule is COC(=O)N(C)P(=O)(F)P. The molecule has 0 spiro atoms. The highest BCUT2D eigenvalue weighted by molar-refractivity contribution is 8.13. The third-order valence-electron chi connectivity index (χ3n) is 0.848. The lowest BCUT2D eigenvalue weighted by Gasteiger charge is -2.15. The molecule has 0 saturated heterocycles. The molecule has 0 aromatic heterocycles. The zero-order chi connectivity index (χ0) is 8.36. The first kappa shape index (κ1) is 9.86. The van der Waals surface area contributed by atoms with Gasteiger partial charge in [0, 0.05) is 7.05 Å². The van der Waals surface area contributed by atoms with Crippen LogP contribution in [0.2, 0.25) is 0 Å². The van der Waals surface area contributed by atoms with Crippen molar-refractivity contribution < 1.29 is 18.3 Å². The Hall–Kier alpha value is -0.140. The molecule has 0 rings (SSSR count). The van der Waals surface area contributed by atoms with E-state index < -0.39 is 13.4 Å². The Morgan fingerprint density at radius 3 is 2.30 bits per heavy atom. The standard InChI is InChI=1S/C3H8FNO3P2/c1-5(3(6)8-2)10(4,7)9/h9H2,1-2H3. The van der Waals surface area contributed by atoms with E-state index in [2.05, 4.69) is 4.74 Å². The zero-order valence-electron chi connectivity index (χ0n) is 5.57. The number of methoxy groups -OCH3 is 1. The van der Waals surface area contributed by atoms with Crippen molar-refractivity contribution in [2.45, 2.75) is 0 Å². The predicted octanol–water partition coefficient (Wildman–Crippen LogP) is 1.64. The fraction of sp³-hybridized carbons (Fsp3) is 0.667. The highest BCUT2D eigenvalue weighted by Gasteiger charge is 2.25. The monoisotopic (exact) mass is 187 g/mol. The lowest BCUT2D eigenvalue weighted by atomic mass is 11.1. The summed E-state index contributed by atoms with van der Waals surface area (Å²) in [5, 5.41) is 0. The molecule has 1 amide bonds. The summed E-state index contributed by atoms with van der Waals surface area (Å²) in [4.78, 5) is 10.4. The Kier molecular flexibility index (Phi) is 3.26. The van der Waals surface area contributed by atoms with E-state index in [0.29, 0.717) is 4.67 Å². The highest BCUT2D eigenvalue weighted by Crippen LogP contribution is 2.58. The quantitative estimate of drug-likeness (QED) is 0.586. The molecular weight excluding hydrogens is 179 g/mol. The van der Waals surface area contributed by atoms with E-state index >= 15 is 0 Å². The van der Waals surface area contributed by atoms with Crippen LogP contribution in [0.25, 0.3) is 0 Å². The van der Waals surface area contributed by atoms with E-state index in [1.807, 2.05) is 0 Å². The van der Waals surface area contributed by atoms with Crippen LogP contribution in [0, 0.1) is 0 Å². The Morgan fingerprint density at radius 2 is 2.20 bits per heavy atom. The van der Waals surface area contributed by atoms with Gasteiger partial charge in [-0.15, -0.1) is 0 Å². The summed E-state index contributed by atoms with van der Waals surface area (Å²) in [6.07, 6.45) is -0.958. The zero-order valence-corrected chi connectivity index (χ0v) is 7.62. The van der Waals surface area contributed by atoms with Gasteiger partial charge in [-0.25, -0.2) is 9.46 Å². The number of amides is 1. The number of carbonyl (C=O) groups is 1. The van der Waals surface area contributed by atoms with Crippen molar-refractivity contribution >= 4 is 22.3 Å². The molecule has 0 aliphatic rings. The van der Waals surface area contributed by atoms with Crippen molar-refractivity contribution in [3.8, 4) is 0 Å². The number of halogens is 1. The molecule has 60 valence electrons. The predicted molar refractivity (Wildman–Crippen MR) is 38.6 cm³/mol. The van der Waals surface area contributed by atoms with Gasteiger partial charge in [-0.2, -0.15) is 4.20 Å². The molecule has 0 aliphatic carbocycles. The summed E-state index contributed by atoms with van der Waals surface area (Å²) in [5.74, 6) is 0. The summed E-state index contributed by atoms with van der Waals surface area (Å²) in [7, 11) is -0.474. The Labute approximate surface area is 60.4 Å². The van der Waals surface area contributed by atoms with E-state index in [-0.39, 0.29) is 0 Å². The molecule has 0 N–H and O–H groups in total. The molecule has 7 heteroatoms. The lowest BCUT2D eigenvalue weighted by molar-refractivity contribution is 0.153. The van der Waals surface area contributed by atoms with Crippen molar-refractivity contribution in [2.24, 2.45) is 0 Å². The number of ether oxygens (including phenoxy) is 1. The maximum atomic E-state index is 12.4. The van der Waals surface area contributed by atoms with Crippen LogP contribution in [0.15, 0.2) is 0 Å². The Bertz CT molecular complexity index is 179. The van der Waals surface area contributed by atoms with Crippen molar-refractivity contribution in [3.05, 3.63) is 0 Å². The largest absolute Gasteiger partial charge is 0.452 e. The van der Waals surface area contributed by atoms with E-state index in [4.69, 9.17) is 0 Å². The summed E-state index contributed by atoms with van der Waals surface area (Å²) in [6.45, 7) is 0. The Balaban J connectivity index is 4.23. The van der Waals surface area contributed by atoms with Gasteiger partial charge in [0.1, 0.15) is 0 Å². The fourth-order valence-electron chi connectivity index (χ4n) is 0.243. The van der Waals surface area contributed by atoms with Crippen LogP contribution >= 0.6 is 16.2 Å². The van der Waals surface area contributed by atoms with Gasteiger partial charge in [-0.3, -0.25) is 4.57 Å². The van der Waals surface area contributed by atoms with Gasteiger partial charge in [-0.1, -0.05) is 0 Å². The lowest BCUT2D eigenvalue weighted by Crippen LogP contribution is -2.19. The van der Waals surface area contributed by atoms with Crippen LogP contribution in [0.4, 0.5) is 8.99 Å². The van der Waals surface area contributed by atoms with Gasteiger partial charge in [-0.05, 0) is 8.93 Å². The summed E-state index contributed by atoms with van der Waals surface area (Å²) in [6, 6.07) is 0. The topological polar surface area (TPSA) is 46.6 Å². The number of rotatable bonds is 1. The molecule has 0 aromatic rings. The van der Waals surface area contributed by atoms with Crippen LogP contribution in [0.1, 0.15) is 0 Å². The Morgan fingerprint density at radius 1 is 1.80 bits per heavy atom. The van der Waals surface area contributed by atoms with Gasteiger partial charge in [0.15, 0.2) is 0 Å². The number of carbonyl (C=O) groups excluding carboxylic acids is 1. The second-order valence-electron chi connectivity index (χ2n) is 1.54. The molecule has 0 bridgehead atoms. The molecule has 0 radical (unpaired) electrons. The first-order valence-electron chi connectivity index (χ1n) is 2.30. The molecule has 0 fully saturated rings. The van der Waals surface area contributed by atoms with Crippen LogP contribution in [-0.2, 0) is 9.30 Å². The van der Waals surface area contributed by atoms with Crippen molar-refractivity contribution in [2.75, 3.05) is 14.2 Å². The summed E-state index contributed by atoms with van der Waals surface area (Å²) in [5.41, 5.74) is 0. The molecular formula is C3H8FNO3P2. The smallest absolute Gasteiger partial charge is 0.416 e. The molecule has 0 saturated carbocycles. The second kappa shape index (κ2) is 3.31. The van der Waals surface area contributed by atoms with E-state index in [0.717, 1.165) is 14.2 Å². The van der Waals surface area contributed by atoms with Crippen molar-refractivity contribution in [3.63, 3.8) is 0 Å². The minimum Gasteiger partial charge on any atom is -0.452 e. The van der Waals surface area contributed by atoms with Gasteiger partial charge in [0.25, 0.3) is 0 Å². The molecule has 0 heterocycles. The van der Waals surface area contributed by atoms with Crippen molar-refractivity contribution in [1.29, 1.82) is 0 Å². The second-order valence-corrected chi connectivity index (χ2v) is 5.14. The third-order valence-corrected chi connectivity index (χ3v) is 2.87.